The van der Waals surface area contributed by atoms with Crippen LogP contribution in [0.15, 0.2) is 24.3 Å². The van der Waals surface area contributed by atoms with Crippen molar-refractivity contribution in [1.82, 2.24) is 0 Å². The van der Waals surface area contributed by atoms with Crippen LogP contribution in [0.25, 0.3) is 0 Å². The molecule has 1 nitrogen and oxygen atoms in total. The van der Waals surface area contributed by atoms with Crippen molar-refractivity contribution in [3.05, 3.63) is 43.6 Å². The topological polar surface area (TPSA) is 9.23 Å². The number of benzene rings is 1. The standard InChI is InChI=1S/C13H19BO/c1-5-9-15-14(4)13-8-6-7-12(10-13)11(2)3/h6-8,10-11H,1,4-5,9H2,2-3H3. The maximum atomic E-state index is 5.54. The van der Waals surface area contributed by atoms with Gasteiger partial charge in [-0.3, -0.25) is 0 Å². The lowest BCUT2D eigenvalue weighted by atomic mass is 9.63. The molecule has 1 rings (SSSR count). The highest BCUT2D eigenvalue weighted by molar-refractivity contribution is 6.69. The third kappa shape index (κ3) is 3.71. The zero-order chi connectivity index (χ0) is 11.3. The Morgan fingerprint density at radius 3 is 2.73 bits per heavy atom. The van der Waals surface area contributed by atoms with Gasteiger partial charge in [0.15, 0.2) is 0 Å². The van der Waals surface area contributed by atoms with Crippen molar-refractivity contribution in [3.63, 3.8) is 0 Å². The summed E-state index contributed by atoms with van der Waals surface area (Å²) in [7, 11) is 0. The highest BCUT2D eigenvalue weighted by Gasteiger charge is 2.12. The molecule has 0 saturated heterocycles. The molecule has 2 heteroatoms. The van der Waals surface area contributed by atoms with Gasteiger partial charge in [0.1, 0.15) is 0 Å². The van der Waals surface area contributed by atoms with E-state index in [4.69, 9.17) is 4.65 Å². The molecular formula is C13H19BO. The molecule has 0 amide bonds. The lowest BCUT2D eigenvalue weighted by Crippen LogP contribution is -2.31. The second-order valence-electron chi connectivity index (χ2n) is 4.04. The molecule has 0 spiro atoms. The smallest absolute Gasteiger partial charge is 0.326 e. The van der Waals surface area contributed by atoms with Crippen LogP contribution in [0.3, 0.4) is 0 Å². The van der Waals surface area contributed by atoms with E-state index in [1.165, 1.54) is 5.56 Å². The van der Waals surface area contributed by atoms with Crippen LogP contribution in [0.1, 0.15) is 31.7 Å². The minimum atomic E-state index is -0.0783. The maximum absolute atomic E-state index is 5.54. The maximum Gasteiger partial charge on any atom is 0.326 e. The lowest BCUT2D eigenvalue weighted by molar-refractivity contribution is 0.339. The molecule has 0 saturated carbocycles. The Hall–Kier alpha value is -0.755. The van der Waals surface area contributed by atoms with Gasteiger partial charge in [-0.05, 0) is 30.2 Å². The van der Waals surface area contributed by atoms with Crippen molar-refractivity contribution >= 4 is 12.4 Å². The average molecular weight is 202 g/mol. The first-order valence-electron chi connectivity index (χ1n) is 5.49. The fourth-order valence-corrected chi connectivity index (χ4v) is 1.44. The SMILES string of the molecule is [CH2]CCOB([CH2])c1cccc(C(C)C)c1. The zero-order valence-corrected chi connectivity index (χ0v) is 9.70. The van der Waals surface area contributed by atoms with Crippen LogP contribution < -0.4 is 5.46 Å². The quantitative estimate of drug-likeness (QED) is 0.667. The average Bonchev–Trinajstić information content (AvgIpc) is 2.26. The summed E-state index contributed by atoms with van der Waals surface area (Å²) in [4.78, 5) is 0. The van der Waals surface area contributed by atoms with Gasteiger partial charge in [0.2, 0.25) is 0 Å². The molecule has 0 aromatic heterocycles. The number of hydrogen-bond donors (Lipinski definition) is 0. The van der Waals surface area contributed by atoms with Gasteiger partial charge in [0.25, 0.3) is 0 Å². The Morgan fingerprint density at radius 2 is 2.13 bits per heavy atom. The minimum Gasteiger partial charge on any atom is -0.431 e. The Labute approximate surface area is 94.0 Å². The van der Waals surface area contributed by atoms with Crippen molar-refractivity contribution in [2.24, 2.45) is 0 Å². The monoisotopic (exact) mass is 202 g/mol. The van der Waals surface area contributed by atoms with E-state index >= 15 is 0 Å². The normalized spacial score (nSPS) is 10.7. The van der Waals surface area contributed by atoms with E-state index < -0.39 is 0 Å². The molecule has 0 atom stereocenters. The molecule has 80 valence electrons. The fraction of sp³-hybridized carbons (Fsp3) is 0.385. The predicted octanol–water partition coefficient (Wildman–Crippen LogP) is 2.62. The van der Waals surface area contributed by atoms with Crippen LogP contribution in [0, 0.1) is 13.7 Å². The Kier molecular flexibility index (Phi) is 4.90. The molecule has 0 heterocycles. The van der Waals surface area contributed by atoms with Crippen molar-refractivity contribution in [2.45, 2.75) is 26.2 Å². The Bertz CT molecular complexity index is 296. The first-order chi connectivity index (χ1) is 7.15. The number of hydrogen-bond acceptors (Lipinski definition) is 1. The summed E-state index contributed by atoms with van der Waals surface area (Å²) in [6.45, 7) is 12.7. The molecule has 0 unspecified atom stereocenters. The van der Waals surface area contributed by atoms with Crippen LogP contribution >= 0.6 is 0 Å². The molecule has 0 fully saturated rings. The van der Waals surface area contributed by atoms with Gasteiger partial charge in [-0.1, -0.05) is 45.0 Å². The van der Waals surface area contributed by atoms with Gasteiger partial charge >= 0.3 is 6.92 Å². The molecular weight excluding hydrogens is 183 g/mol. The van der Waals surface area contributed by atoms with E-state index in [9.17, 15) is 0 Å². The van der Waals surface area contributed by atoms with Crippen LogP contribution in [-0.2, 0) is 4.65 Å². The highest BCUT2D eigenvalue weighted by Crippen LogP contribution is 2.11. The van der Waals surface area contributed by atoms with Crippen molar-refractivity contribution < 1.29 is 4.65 Å². The molecule has 0 aliphatic rings. The first kappa shape index (κ1) is 12.3. The van der Waals surface area contributed by atoms with E-state index in [0.29, 0.717) is 12.5 Å². The summed E-state index contributed by atoms with van der Waals surface area (Å²) >= 11 is 0. The van der Waals surface area contributed by atoms with E-state index in [0.717, 1.165) is 11.9 Å². The lowest BCUT2D eigenvalue weighted by Gasteiger charge is -2.12. The van der Waals surface area contributed by atoms with Gasteiger partial charge in [-0.15, -0.1) is 0 Å². The van der Waals surface area contributed by atoms with Gasteiger partial charge in [0, 0.05) is 6.61 Å². The summed E-state index contributed by atoms with van der Waals surface area (Å²) in [5, 5.41) is 0. The molecule has 2 radical (unpaired) electrons. The van der Waals surface area contributed by atoms with Gasteiger partial charge in [0.05, 0.1) is 0 Å². The highest BCUT2D eigenvalue weighted by atomic mass is 16.4. The predicted molar refractivity (Wildman–Crippen MR) is 67.2 cm³/mol. The van der Waals surface area contributed by atoms with E-state index in [-0.39, 0.29) is 6.92 Å². The first-order valence-corrected chi connectivity index (χ1v) is 5.49. The Balaban J connectivity index is 2.71. The fourth-order valence-electron chi connectivity index (χ4n) is 1.44. The number of rotatable bonds is 5. The van der Waals surface area contributed by atoms with Gasteiger partial charge in [-0.25, -0.2) is 0 Å². The molecule has 15 heavy (non-hydrogen) atoms. The zero-order valence-electron chi connectivity index (χ0n) is 9.70. The Morgan fingerprint density at radius 1 is 1.40 bits per heavy atom. The molecule has 1 aromatic rings. The summed E-state index contributed by atoms with van der Waals surface area (Å²) in [5.41, 5.74) is 2.48. The van der Waals surface area contributed by atoms with Crippen LogP contribution in [0.4, 0.5) is 0 Å². The third-order valence-corrected chi connectivity index (χ3v) is 2.41. The van der Waals surface area contributed by atoms with Gasteiger partial charge in [-0.2, -0.15) is 0 Å². The van der Waals surface area contributed by atoms with Crippen molar-refractivity contribution in [3.8, 4) is 0 Å². The van der Waals surface area contributed by atoms with Crippen LogP contribution in [-0.4, -0.2) is 13.5 Å². The third-order valence-electron chi connectivity index (χ3n) is 2.41. The minimum absolute atomic E-state index is 0.0783. The summed E-state index contributed by atoms with van der Waals surface area (Å²) in [5.74, 6) is 0.546. The second kappa shape index (κ2) is 5.97. The summed E-state index contributed by atoms with van der Waals surface area (Å²) in [6.07, 6.45) is 0.788. The molecule has 0 bridgehead atoms. The van der Waals surface area contributed by atoms with E-state index in [1.54, 1.807) is 0 Å². The largest absolute Gasteiger partial charge is 0.431 e. The van der Waals surface area contributed by atoms with Crippen molar-refractivity contribution in [1.29, 1.82) is 0 Å². The molecule has 0 aliphatic heterocycles. The molecule has 0 aliphatic carbocycles. The van der Waals surface area contributed by atoms with Crippen LogP contribution in [0.5, 0.6) is 0 Å². The second-order valence-corrected chi connectivity index (χ2v) is 4.04. The van der Waals surface area contributed by atoms with Crippen molar-refractivity contribution in [2.75, 3.05) is 6.61 Å². The molecule has 1 aromatic carbocycles. The molecule has 0 N–H and O–H groups in total. The summed E-state index contributed by atoms with van der Waals surface area (Å²) in [6, 6.07) is 8.44. The van der Waals surface area contributed by atoms with E-state index in [1.807, 2.05) is 0 Å². The summed E-state index contributed by atoms with van der Waals surface area (Å²) < 4.78 is 5.54. The van der Waals surface area contributed by atoms with Crippen LogP contribution in [0.2, 0.25) is 0 Å². The van der Waals surface area contributed by atoms with Gasteiger partial charge < -0.3 is 4.65 Å². The van der Waals surface area contributed by atoms with E-state index in [2.05, 4.69) is 51.9 Å².